The fraction of sp³-hybridized carbons (Fsp3) is 0.733. The van der Waals surface area contributed by atoms with Gasteiger partial charge in [-0.2, -0.15) is 0 Å². The van der Waals surface area contributed by atoms with Crippen molar-refractivity contribution in [2.45, 2.75) is 40.7 Å². The van der Waals surface area contributed by atoms with E-state index in [0.29, 0.717) is 19.0 Å². The third-order valence-corrected chi connectivity index (χ3v) is 4.47. The lowest BCUT2D eigenvalue weighted by molar-refractivity contribution is -0.144. The van der Waals surface area contributed by atoms with E-state index in [-0.39, 0.29) is 29.2 Å². The molecule has 0 bridgehead atoms. The molecule has 3 atom stereocenters. The first kappa shape index (κ1) is 14.1. The van der Waals surface area contributed by atoms with Gasteiger partial charge in [0.15, 0.2) is 0 Å². The zero-order chi connectivity index (χ0) is 14.4. The number of nitrogens with zero attached hydrogens (tertiary/aromatic N) is 1. The fourth-order valence-electron chi connectivity index (χ4n) is 3.08. The third-order valence-electron chi connectivity index (χ3n) is 4.47. The lowest BCUT2D eigenvalue weighted by atomic mass is 10.1. The first-order valence-corrected chi connectivity index (χ1v) is 7.00. The lowest BCUT2D eigenvalue weighted by Crippen LogP contribution is -2.56. The van der Waals surface area contributed by atoms with Crippen molar-refractivity contribution in [1.29, 1.82) is 0 Å². The summed E-state index contributed by atoms with van der Waals surface area (Å²) in [5.41, 5.74) is 1.26. The number of carbonyl (C=O) groups is 2. The average Bonchev–Trinajstić information content (AvgIpc) is 2.82. The Labute approximate surface area is 115 Å². The number of allylic oxidation sites excluding steroid dienone is 2. The van der Waals surface area contributed by atoms with Gasteiger partial charge in [-0.3, -0.25) is 9.59 Å². The van der Waals surface area contributed by atoms with E-state index in [1.807, 2.05) is 0 Å². The molecule has 0 aromatic heterocycles. The molecular formula is C15H24N2O2. The van der Waals surface area contributed by atoms with Crippen LogP contribution in [0, 0.1) is 17.3 Å². The van der Waals surface area contributed by atoms with Crippen LogP contribution in [0.4, 0.5) is 0 Å². The minimum atomic E-state index is -0.343. The molecule has 2 rings (SSSR count). The summed E-state index contributed by atoms with van der Waals surface area (Å²) in [7, 11) is 0. The molecule has 1 aliphatic carbocycles. The molecule has 2 fully saturated rings. The van der Waals surface area contributed by atoms with Gasteiger partial charge in [-0.25, -0.2) is 0 Å². The molecule has 1 N–H and O–H groups in total. The molecule has 4 nitrogen and oxygen atoms in total. The largest absolute Gasteiger partial charge is 0.353 e. The van der Waals surface area contributed by atoms with Crippen LogP contribution in [0.15, 0.2) is 11.6 Å². The quantitative estimate of drug-likeness (QED) is 0.770. The summed E-state index contributed by atoms with van der Waals surface area (Å²) in [5, 5.41) is 2.80. The van der Waals surface area contributed by atoms with E-state index < -0.39 is 0 Å². The van der Waals surface area contributed by atoms with Crippen molar-refractivity contribution >= 4 is 11.8 Å². The predicted octanol–water partition coefficient (Wildman–Crippen LogP) is 1.57. The summed E-state index contributed by atoms with van der Waals surface area (Å²) < 4.78 is 0. The third kappa shape index (κ3) is 2.40. The van der Waals surface area contributed by atoms with E-state index in [1.54, 1.807) is 11.8 Å². The molecular weight excluding hydrogens is 240 g/mol. The zero-order valence-electron chi connectivity index (χ0n) is 12.5. The van der Waals surface area contributed by atoms with Crippen molar-refractivity contribution in [2.24, 2.45) is 17.3 Å². The van der Waals surface area contributed by atoms with Crippen molar-refractivity contribution in [2.75, 3.05) is 13.1 Å². The first-order chi connectivity index (χ1) is 8.76. The Bertz CT molecular complexity index is 435. The van der Waals surface area contributed by atoms with E-state index in [9.17, 15) is 9.59 Å². The number of hydrogen-bond acceptors (Lipinski definition) is 2. The van der Waals surface area contributed by atoms with Gasteiger partial charge >= 0.3 is 0 Å². The molecule has 0 aromatic carbocycles. The maximum atomic E-state index is 12.6. The van der Waals surface area contributed by atoms with Crippen molar-refractivity contribution in [1.82, 2.24) is 10.2 Å². The Morgan fingerprint density at radius 1 is 1.42 bits per heavy atom. The van der Waals surface area contributed by atoms with Crippen LogP contribution in [-0.4, -0.2) is 35.8 Å². The van der Waals surface area contributed by atoms with Crippen molar-refractivity contribution in [3.8, 4) is 0 Å². The number of piperazine rings is 1. The average molecular weight is 264 g/mol. The summed E-state index contributed by atoms with van der Waals surface area (Å²) in [5.74, 6) is 0.421. The van der Waals surface area contributed by atoms with Crippen LogP contribution in [0.3, 0.4) is 0 Å². The van der Waals surface area contributed by atoms with Crippen molar-refractivity contribution in [3.63, 3.8) is 0 Å². The first-order valence-electron chi connectivity index (χ1n) is 7.00. The van der Waals surface area contributed by atoms with Gasteiger partial charge in [0.05, 0.1) is 5.92 Å². The molecule has 1 saturated carbocycles. The molecule has 1 heterocycles. The van der Waals surface area contributed by atoms with Crippen LogP contribution in [0.1, 0.15) is 34.6 Å². The van der Waals surface area contributed by atoms with E-state index in [4.69, 9.17) is 0 Å². The lowest BCUT2D eigenvalue weighted by Gasteiger charge is -2.33. The summed E-state index contributed by atoms with van der Waals surface area (Å²) in [6.45, 7) is 11.4. The van der Waals surface area contributed by atoms with Gasteiger partial charge in [-0.15, -0.1) is 0 Å². The molecule has 0 radical (unpaired) electrons. The highest BCUT2D eigenvalue weighted by molar-refractivity contribution is 5.91. The molecule has 0 unspecified atom stereocenters. The van der Waals surface area contributed by atoms with Gasteiger partial charge < -0.3 is 10.2 Å². The van der Waals surface area contributed by atoms with Crippen LogP contribution in [0.5, 0.6) is 0 Å². The maximum Gasteiger partial charge on any atom is 0.242 e. The standard InChI is InChI=1S/C15H24N2O2/c1-9(2)8-11-12(15(11,4)5)14(19)17-7-6-16-13(18)10(17)3/h8,10-12H,6-7H2,1-5H3,(H,16,18)/t10-,11-,12-/m0/s1. The highest BCUT2D eigenvalue weighted by Gasteiger charge is 2.61. The van der Waals surface area contributed by atoms with Crippen molar-refractivity contribution < 1.29 is 9.59 Å². The molecule has 2 aliphatic rings. The second kappa shape index (κ2) is 4.66. The van der Waals surface area contributed by atoms with E-state index in [1.165, 1.54) is 5.57 Å². The van der Waals surface area contributed by atoms with Gasteiger partial charge in [0.2, 0.25) is 11.8 Å². The summed E-state index contributed by atoms with van der Waals surface area (Å²) >= 11 is 0. The molecule has 1 aliphatic heterocycles. The number of rotatable bonds is 2. The SMILES string of the molecule is CC(C)=C[C@H]1[C@@H](C(=O)N2CCNC(=O)[C@@H]2C)C1(C)C. The molecule has 106 valence electrons. The second-order valence-corrected chi connectivity index (χ2v) is 6.57. The predicted molar refractivity (Wildman–Crippen MR) is 74.4 cm³/mol. The Kier molecular flexibility index (Phi) is 3.45. The Morgan fingerprint density at radius 2 is 2.05 bits per heavy atom. The summed E-state index contributed by atoms with van der Waals surface area (Å²) in [6, 6.07) is -0.343. The number of hydrogen-bond donors (Lipinski definition) is 1. The molecule has 1 saturated heterocycles. The molecule has 2 amide bonds. The van der Waals surface area contributed by atoms with Gasteiger partial charge in [0.25, 0.3) is 0 Å². The van der Waals surface area contributed by atoms with E-state index >= 15 is 0 Å². The minimum absolute atomic E-state index is 0.0159. The maximum absolute atomic E-state index is 12.6. The Hall–Kier alpha value is -1.32. The van der Waals surface area contributed by atoms with Gasteiger partial charge in [-0.05, 0) is 32.1 Å². The number of carbonyl (C=O) groups excluding carboxylic acids is 2. The highest BCUT2D eigenvalue weighted by atomic mass is 16.2. The fourth-order valence-corrected chi connectivity index (χ4v) is 3.08. The number of amides is 2. The molecule has 0 spiro atoms. The zero-order valence-corrected chi connectivity index (χ0v) is 12.5. The van der Waals surface area contributed by atoms with Crippen LogP contribution in [0.2, 0.25) is 0 Å². The van der Waals surface area contributed by atoms with E-state index in [0.717, 1.165) is 0 Å². The van der Waals surface area contributed by atoms with E-state index in [2.05, 4.69) is 39.1 Å². The van der Waals surface area contributed by atoms with Gasteiger partial charge in [0.1, 0.15) is 6.04 Å². The molecule has 19 heavy (non-hydrogen) atoms. The van der Waals surface area contributed by atoms with Crippen LogP contribution < -0.4 is 5.32 Å². The normalized spacial score (nSPS) is 32.6. The van der Waals surface area contributed by atoms with Crippen molar-refractivity contribution in [3.05, 3.63) is 11.6 Å². The van der Waals surface area contributed by atoms with Crippen LogP contribution in [-0.2, 0) is 9.59 Å². The number of nitrogens with one attached hydrogen (secondary N) is 1. The highest BCUT2D eigenvalue weighted by Crippen LogP contribution is 2.60. The van der Waals surface area contributed by atoms with Crippen LogP contribution in [0.25, 0.3) is 0 Å². The minimum Gasteiger partial charge on any atom is -0.353 e. The molecule has 4 heteroatoms. The Morgan fingerprint density at radius 3 is 2.63 bits per heavy atom. The summed E-state index contributed by atoms with van der Waals surface area (Å²) in [4.78, 5) is 26.0. The van der Waals surface area contributed by atoms with Crippen LogP contribution >= 0.6 is 0 Å². The monoisotopic (exact) mass is 264 g/mol. The second-order valence-electron chi connectivity index (χ2n) is 6.57. The summed E-state index contributed by atoms with van der Waals surface area (Å²) in [6.07, 6.45) is 2.19. The smallest absolute Gasteiger partial charge is 0.242 e. The Balaban J connectivity index is 2.13. The molecule has 0 aromatic rings. The topological polar surface area (TPSA) is 49.4 Å². The van der Waals surface area contributed by atoms with Gasteiger partial charge in [0, 0.05) is 13.1 Å². The van der Waals surface area contributed by atoms with Gasteiger partial charge in [-0.1, -0.05) is 25.5 Å².